The highest BCUT2D eigenvalue weighted by molar-refractivity contribution is 5.81. The lowest BCUT2D eigenvalue weighted by atomic mass is 10.1. The Labute approximate surface area is 159 Å². The molecule has 148 valence electrons. The van der Waals surface area contributed by atoms with Gasteiger partial charge in [-0.1, -0.05) is 57.6 Å². The van der Waals surface area contributed by atoms with Gasteiger partial charge in [0.2, 0.25) is 5.84 Å². The van der Waals surface area contributed by atoms with Gasteiger partial charge in [-0.3, -0.25) is 5.73 Å². The average Bonchev–Trinajstić information content (AvgIpc) is 2.99. The van der Waals surface area contributed by atoms with Crippen molar-refractivity contribution in [2.24, 2.45) is 10.7 Å². The number of aliphatic carboxylic acids is 1. The number of rotatable bonds is 15. The third-order valence-corrected chi connectivity index (χ3v) is 5.05. The minimum Gasteiger partial charge on any atom is -0.477 e. The molecule has 5 heteroatoms. The predicted molar refractivity (Wildman–Crippen MR) is 109 cm³/mol. The van der Waals surface area contributed by atoms with Gasteiger partial charge in [-0.2, -0.15) is 0 Å². The van der Waals surface area contributed by atoms with Gasteiger partial charge in [0.25, 0.3) is 0 Å². The number of hydrogen-bond donors (Lipinski definition) is 2. The van der Waals surface area contributed by atoms with Crippen molar-refractivity contribution in [3.8, 4) is 0 Å². The summed E-state index contributed by atoms with van der Waals surface area (Å²) in [4.78, 5) is 15.6. The zero-order valence-electron chi connectivity index (χ0n) is 16.7. The molecular formula is C21H38N3O2+. The molecule has 0 bridgehead atoms. The van der Waals surface area contributed by atoms with Gasteiger partial charge in [-0.25, -0.2) is 14.3 Å². The quantitative estimate of drug-likeness (QED) is 0.245. The number of hydrogen-bond acceptors (Lipinski definition) is 3. The molecule has 0 fully saturated rings. The standard InChI is InChI=1S/C21H37N3O2/c1-3-4-5-6-7-8-9-10-11-12-13-14-15-20-23-16-17-24(20,19(2)22)18-21(25)26/h5-6,16-17,19H,3-4,7-15,18,22H2,1-2H3/p+1/b6-5+. The smallest absolute Gasteiger partial charge is 0.360 e. The van der Waals surface area contributed by atoms with Gasteiger partial charge in [0.15, 0.2) is 6.54 Å². The molecule has 1 rings (SSSR count). The van der Waals surface area contributed by atoms with Crippen molar-refractivity contribution in [1.82, 2.24) is 0 Å². The number of carboxylic acids is 1. The fourth-order valence-electron chi connectivity index (χ4n) is 3.42. The Balaban J connectivity index is 2.15. The first-order valence-corrected chi connectivity index (χ1v) is 10.3. The van der Waals surface area contributed by atoms with E-state index < -0.39 is 5.97 Å². The molecule has 2 unspecified atom stereocenters. The lowest BCUT2D eigenvalue weighted by molar-refractivity contribution is -0.805. The topological polar surface area (TPSA) is 75.7 Å². The van der Waals surface area contributed by atoms with E-state index in [1.54, 1.807) is 6.20 Å². The zero-order chi connectivity index (χ0) is 19.3. The van der Waals surface area contributed by atoms with Crippen LogP contribution in [0.3, 0.4) is 0 Å². The van der Waals surface area contributed by atoms with E-state index in [9.17, 15) is 9.90 Å². The Kier molecular flexibility index (Phi) is 11.1. The van der Waals surface area contributed by atoms with Crippen molar-refractivity contribution >= 4 is 11.8 Å². The molecule has 0 aromatic rings. The first-order valence-electron chi connectivity index (χ1n) is 10.3. The van der Waals surface area contributed by atoms with E-state index in [4.69, 9.17) is 5.73 Å². The van der Waals surface area contributed by atoms with Crippen LogP contribution in [0.15, 0.2) is 29.5 Å². The Morgan fingerprint density at radius 3 is 2.38 bits per heavy atom. The summed E-state index contributed by atoms with van der Waals surface area (Å²) in [7, 11) is 0. The van der Waals surface area contributed by atoms with Crippen LogP contribution in [0.25, 0.3) is 0 Å². The number of quaternary nitrogens is 1. The van der Waals surface area contributed by atoms with E-state index in [0.717, 1.165) is 18.7 Å². The Bertz CT molecular complexity index is 497. The number of unbranched alkanes of at least 4 members (excludes halogenated alkanes) is 8. The van der Waals surface area contributed by atoms with E-state index in [2.05, 4.69) is 24.1 Å². The molecule has 0 aromatic heterocycles. The highest BCUT2D eigenvalue weighted by atomic mass is 16.4. The highest BCUT2D eigenvalue weighted by Gasteiger charge is 2.40. The van der Waals surface area contributed by atoms with E-state index >= 15 is 0 Å². The van der Waals surface area contributed by atoms with E-state index in [0.29, 0.717) is 0 Å². The largest absolute Gasteiger partial charge is 0.477 e. The Morgan fingerprint density at radius 2 is 1.77 bits per heavy atom. The first-order chi connectivity index (χ1) is 12.5. The van der Waals surface area contributed by atoms with Crippen LogP contribution >= 0.6 is 0 Å². The fraction of sp³-hybridized carbons (Fsp3) is 0.714. The van der Waals surface area contributed by atoms with E-state index in [-0.39, 0.29) is 17.2 Å². The number of nitrogens with zero attached hydrogens (tertiary/aromatic N) is 2. The number of nitrogens with two attached hydrogens (primary N) is 1. The van der Waals surface area contributed by atoms with Gasteiger partial charge in [-0.15, -0.1) is 0 Å². The van der Waals surface area contributed by atoms with Crippen LogP contribution in [-0.4, -0.2) is 34.1 Å². The molecule has 0 spiro atoms. The summed E-state index contributed by atoms with van der Waals surface area (Å²) in [5.74, 6) is 0.0485. The summed E-state index contributed by atoms with van der Waals surface area (Å²) < 4.78 is 0.168. The van der Waals surface area contributed by atoms with Crippen molar-refractivity contribution in [1.29, 1.82) is 0 Å². The van der Waals surface area contributed by atoms with Crippen molar-refractivity contribution in [2.45, 2.75) is 90.6 Å². The van der Waals surface area contributed by atoms with Crippen LogP contribution in [0.5, 0.6) is 0 Å². The summed E-state index contributed by atoms with van der Waals surface area (Å²) in [6.07, 6.45) is 21.0. The van der Waals surface area contributed by atoms with Crippen LogP contribution in [0.4, 0.5) is 0 Å². The minimum atomic E-state index is -0.842. The first kappa shape index (κ1) is 22.6. The second kappa shape index (κ2) is 12.8. The second-order valence-corrected chi connectivity index (χ2v) is 7.34. The molecule has 0 aliphatic carbocycles. The molecular weight excluding hydrogens is 326 g/mol. The van der Waals surface area contributed by atoms with Gasteiger partial charge >= 0.3 is 5.97 Å². The molecule has 3 N–H and O–H groups in total. The molecule has 1 heterocycles. The molecule has 0 saturated carbocycles. The molecule has 0 amide bonds. The molecule has 1 aliphatic rings. The molecule has 26 heavy (non-hydrogen) atoms. The third-order valence-electron chi connectivity index (χ3n) is 5.05. The van der Waals surface area contributed by atoms with Crippen molar-refractivity contribution in [3.63, 3.8) is 0 Å². The van der Waals surface area contributed by atoms with Crippen molar-refractivity contribution < 1.29 is 14.4 Å². The van der Waals surface area contributed by atoms with Gasteiger partial charge in [0, 0.05) is 13.3 Å². The number of carboxylic acid groups (broad SMARTS) is 1. The van der Waals surface area contributed by atoms with Crippen molar-refractivity contribution in [2.75, 3.05) is 6.54 Å². The fourth-order valence-corrected chi connectivity index (χ4v) is 3.42. The van der Waals surface area contributed by atoms with Gasteiger partial charge < -0.3 is 5.11 Å². The normalized spacial score (nSPS) is 20.7. The maximum absolute atomic E-state index is 11.2. The summed E-state index contributed by atoms with van der Waals surface area (Å²) in [5.41, 5.74) is 6.08. The Morgan fingerprint density at radius 1 is 1.15 bits per heavy atom. The lowest BCUT2D eigenvalue weighted by Crippen LogP contribution is -2.59. The molecule has 0 saturated heterocycles. The van der Waals surface area contributed by atoms with Gasteiger partial charge in [0.05, 0.1) is 6.20 Å². The van der Waals surface area contributed by atoms with Crippen LogP contribution in [0, 0.1) is 0 Å². The average molecular weight is 365 g/mol. The summed E-state index contributed by atoms with van der Waals surface area (Å²) in [5, 5.41) is 9.21. The van der Waals surface area contributed by atoms with Crippen LogP contribution in [-0.2, 0) is 4.79 Å². The number of amidine groups is 1. The van der Waals surface area contributed by atoms with E-state index in [1.807, 2.05) is 13.1 Å². The minimum absolute atomic E-state index is 0.0281. The van der Waals surface area contributed by atoms with Crippen LogP contribution in [0.1, 0.15) is 84.5 Å². The third kappa shape index (κ3) is 7.83. The highest BCUT2D eigenvalue weighted by Crippen LogP contribution is 2.23. The van der Waals surface area contributed by atoms with Crippen molar-refractivity contribution in [3.05, 3.63) is 24.6 Å². The number of allylic oxidation sites excluding steroid dienone is 2. The zero-order valence-corrected chi connectivity index (χ0v) is 16.7. The summed E-state index contributed by atoms with van der Waals surface area (Å²) in [6.45, 7) is 4.03. The molecule has 1 aliphatic heterocycles. The lowest BCUT2D eigenvalue weighted by Gasteiger charge is -2.34. The van der Waals surface area contributed by atoms with Gasteiger partial charge in [0.1, 0.15) is 12.4 Å². The molecule has 5 nitrogen and oxygen atoms in total. The number of carbonyl (C=O) groups is 1. The van der Waals surface area contributed by atoms with Crippen LogP contribution in [0.2, 0.25) is 0 Å². The van der Waals surface area contributed by atoms with E-state index in [1.165, 1.54) is 57.8 Å². The van der Waals surface area contributed by atoms with Crippen LogP contribution < -0.4 is 5.73 Å². The maximum atomic E-state index is 11.2. The predicted octanol–water partition coefficient (Wildman–Crippen LogP) is 4.94. The summed E-state index contributed by atoms with van der Waals surface area (Å²) >= 11 is 0. The van der Waals surface area contributed by atoms with Gasteiger partial charge in [-0.05, 0) is 25.7 Å². The second-order valence-electron chi connectivity index (χ2n) is 7.34. The molecule has 2 atom stereocenters. The molecule has 0 radical (unpaired) electrons. The summed E-state index contributed by atoms with van der Waals surface area (Å²) in [6, 6.07) is 0. The SMILES string of the molecule is CCC/C=C/CCCCCCCCCC1=NC=C[N+]1(CC(=O)O)C(C)N. The number of aliphatic imine (C=N–C) groups is 1. The maximum Gasteiger partial charge on any atom is 0.360 e. The molecule has 0 aromatic carbocycles. The Hall–Kier alpha value is -1.46. The monoisotopic (exact) mass is 364 g/mol.